The molecule has 1 N–H and O–H groups in total. The Kier molecular flexibility index (Phi) is 5.26. The van der Waals surface area contributed by atoms with Crippen molar-refractivity contribution in [2.24, 2.45) is 0 Å². The van der Waals surface area contributed by atoms with Gasteiger partial charge in [0.15, 0.2) is 0 Å². The molecule has 0 heterocycles. The Hall–Kier alpha value is -0.340. The van der Waals surface area contributed by atoms with Crippen LogP contribution in [-0.2, 0) is 0 Å². The number of rotatable bonds is 5. The van der Waals surface area contributed by atoms with Crippen LogP contribution in [0, 0.1) is 0 Å². The van der Waals surface area contributed by atoms with Crippen molar-refractivity contribution in [2.75, 3.05) is 13.6 Å². The van der Waals surface area contributed by atoms with Crippen LogP contribution < -0.4 is 10.6 Å². The van der Waals surface area contributed by atoms with Crippen molar-refractivity contribution in [3.05, 3.63) is 12.2 Å². The van der Waals surface area contributed by atoms with Crippen LogP contribution in [0.1, 0.15) is 20.3 Å². The molecule has 0 fully saturated rings. The molecule has 0 aromatic rings. The molecule has 10 heavy (non-hydrogen) atoms. The third kappa shape index (κ3) is 4.53. The van der Waals surface area contributed by atoms with Crippen LogP contribution in [0.25, 0.3) is 0 Å². The molecular formula is C8H17N2. The van der Waals surface area contributed by atoms with E-state index in [1.54, 1.807) is 0 Å². The second-order valence-electron chi connectivity index (χ2n) is 2.51. The van der Waals surface area contributed by atoms with E-state index in [0.29, 0.717) is 6.17 Å². The van der Waals surface area contributed by atoms with Crippen molar-refractivity contribution < 1.29 is 0 Å². The molecule has 2 nitrogen and oxygen atoms in total. The molecule has 0 saturated heterocycles. The standard InChI is InChI=1S/C8H17N2/c1-5-8(9-4)10-6-7(2)3/h8-9H,2,5-6H2,1,3-4H3. The Morgan fingerprint density at radius 2 is 2.30 bits per heavy atom. The van der Waals surface area contributed by atoms with E-state index in [1.807, 2.05) is 14.0 Å². The van der Waals surface area contributed by atoms with E-state index in [0.717, 1.165) is 18.5 Å². The summed E-state index contributed by atoms with van der Waals surface area (Å²) in [5.74, 6) is 0. The summed E-state index contributed by atoms with van der Waals surface area (Å²) >= 11 is 0. The second-order valence-corrected chi connectivity index (χ2v) is 2.51. The lowest BCUT2D eigenvalue weighted by Crippen LogP contribution is -2.34. The Morgan fingerprint density at radius 3 is 2.60 bits per heavy atom. The average Bonchev–Trinajstić information content (AvgIpc) is 1.90. The topological polar surface area (TPSA) is 26.1 Å². The minimum Gasteiger partial charge on any atom is -0.304 e. The minimum absolute atomic E-state index is 0.302. The average molecular weight is 141 g/mol. The summed E-state index contributed by atoms with van der Waals surface area (Å²) in [4.78, 5) is 0. The fourth-order valence-electron chi connectivity index (χ4n) is 0.691. The van der Waals surface area contributed by atoms with Gasteiger partial charge in [-0.15, -0.1) is 0 Å². The predicted octanol–water partition coefficient (Wildman–Crippen LogP) is 1.12. The van der Waals surface area contributed by atoms with Crippen LogP contribution in [0.4, 0.5) is 0 Å². The van der Waals surface area contributed by atoms with Crippen LogP contribution >= 0.6 is 0 Å². The van der Waals surface area contributed by atoms with Gasteiger partial charge in [0.1, 0.15) is 0 Å². The molecule has 0 aromatic heterocycles. The lowest BCUT2D eigenvalue weighted by Gasteiger charge is -2.12. The van der Waals surface area contributed by atoms with E-state index in [1.165, 1.54) is 0 Å². The molecule has 0 aromatic carbocycles. The summed E-state index contributed by atoms with van der Waals surface area (Å²) in [6.07, 6.45) is 1.35. The van der Waals surface area contributed by atoms with Gasteiger partial charge in [-0.2, -0.15) is 0 Å². The van der Waals surface area contributed by atoms with Gasteiger partial charge in [0.25, 0.3) is 0 Å². The smallest absolute Gasteiger partial charge is 0.0734 e. The Balaban J connectivity index is 3.34. The first-order valence-corrected chi connectivity index (χ1v) is 3.69. The van der Waals surface area contributed by atoms with E-state index in [-0.39, 0.29) is 0 Å². The summed E-state index contributed by atoms with van der Waals surface area (Å²) < 4.78 is 0. The molecule has 0 aliphatic heterocycles. The molecule has 0 spiro atoms. The van der Waals surface area contributed by atoms with Gasteiger partial charge in [0, 0.05) is 6.54 Å². The zero-order valence-corrected chi connectivity index (χ0v) is 7.15. The Bertz CT molecular complexity index is 95.4. The van der Waals surface area contributed by atoms with Gasteiger partial charge in [0.2, 0.25) is 0 Å². The zero-order chi connectivity index (χ0) is 7.98. The van der Waals surface area contributed by atoms with Crippen molar-refractivity contribution in [1.82, 2.24) is 10.6 Å². The highest BCUT2D eigenvalue weighted by Gasteiger charge is 2.00. The molecule has 2 heteroatoms. The fraction of sp³-hybridized carbons (Fsp3) is 0.750. The largest absolute Gasteiger partial charge is 0.304 e. The van der Waals surface area contributed by atoms with Gasteiger partial charge >= 0.3 is 0 Å². The van der Waals surface area contributed by atoms with Gasteiger partial charge in [-0.25, -0.2) is 5.32 Å². The maximum Gasteiger partial charge on any atom is 0.0734 e. The highest BCUT2D eigenvalue weighted by molar-refractivity contribution is 4.90. The van der Waals surface area contributed by atoms with Crippen LogP contribution in [0.5, 0.6) is 0 Å². The Morgan fingerprint density at radius 1 is 1.70 bits per heavy atom. The van der Waals surface area contributed by atoms with Gasteiger partial charge in [-0.3, -0.25) is 0 Å². The second kappa shape index (κ2) is 5.45. The van der Waals surface area contributed by atoms with Crippen molar-refractivity contribution >= 4 is 0 Å². The van der Waals surface area contributed by atoms with Crippen molar-refractivity contribution in [3.63, 3.8) is 0 Å². The van der Waals surface area contributed by atoms with Crippen LogP contribution in [0.3, 0.4) is 0 Å². The molecule has 0 aliphatic carbocycles. The molecule has 1 unspecified atom stereocenters. The molecule has 0 saturated carbocycles. The molecular weight excluding hydrogens is 124 g/mol. The quantitative estimate of drug-likeness (QED) is 0.570. The van der Waals surface area contributed by atoms with Crippen molar-refractivity contribution in [3.8, 4) is 0 Å². The molecule has 0 aliphatic rings. The monoisotopic (exact) mass is 141 g/mol. The first-order valence-electron chi connectivity index (χ1n) is 3.69. The predicted molar refractivity (Wildman–Crippen MR) is 45.0 cm³/mol. The summed E-state index contributed by atoms with van der Waals surface area (Å²) in [5.41, 5.74) is 1.12. The van der Waals surface area contributed by atoms with E-state index in [2.05, 4.69) is 24.1 Å². The zero-order valence-electron chi connectivity index (χ0n) is 7.15. The maximum absolute atomic E-state index is 4.35. The van der Waals surface area contributed by atoms with Gasteiger partial charge < -0.3 is 5.32 Å². The van der Waals surface area contributed by atoms with Crippen LogP contribution in [0.15, 0.2) is 12.2 Å². The van der Waals surface area contributed by atoms with E-state index in [9.17, 15) is 0 Å². The normalized spacial score (nSPS) is 13.1. The highest BCUT2D eigenvalue weighted by atomic mass is 15.1. The van der Waals surface area contributed by atoms with Crippen LogP contribution in [0.2, 0.25) is 0 Å². The molecule has 0 amide bonds. The van der Waals surface area contributed by atoms with E-state index in [4.69, 9.17) is 0 Å². The number of hydrogen-bond donors (Lipinski definition) is 1. The molecule has 1 radical (unpaired) electrons. The molecule has 0 rings (SSSR count). The van der Waals surface area contributed by atoms with Gasteiger partial charge in [0.05, 0.1) is 6.17 Å². The molecule has 0 bridgehead atoms. The summed E-state index contributed by atoms with van der Waals surface area (Å²) in [6, 6.07) is 0. The molecule has 1 atom stereocenters. The van der Waals surface area contributed by atoms with Gasteiger partial charge in [-0.1, -0.05) is 19.1 Å². The van der Waals surface area contributed by atoms with Crippen LogP contribution in [-0.4, -0.2) is 19.8 Å². The lowest BCUT2D eigenvalue weighted by atomic mass is 10.3. The maximum atomic E-state index is 4.35. The lowest BCUT2D eigenvalue weighted by molar-refractivity contribution is 0.451. The Labute approximate surface area is 63.7 Å². The first kappa shape index (κ1) is 9.66. The van der Waals surface area contributed by atoms with Gasteiger partial charge in [-0.05, 0) is 20.4 Å². The number of hydrogen-bond acceptors (Lipinski definition) is 1. The van der Waals surface area contributed by atoms with E-state index >= 15 is 0 Å². The summed E-state index contributed by atoms with van der Waals surface area (Å²) in [5, 5.41) is 7.45. The number of nitrogens with one attached hydrogen (secondary N) is 1. The minimum atomic E-state index is 0.302. The fourth-order valence-corrected chi connectivity index (χ4v) is 0.691. The summed E-state index contributed by atoms with van der Waals surface area (Å²) in [6.45, 7) is 8.66. The molecule has 59 valence electrons. The number of nitrogens with zero attached hydrogens (tertiary/aromatic N) is 1. The first-order chi connectivity index (χ1) is 4.70. The summed E-state index contributed by atoms with van der Waals surface area (Å²) in [7, 11) is 1.93. The third-order valence-corrected chi connectivity index (χ3v) is 1.30. The SMILES string of the molecule is C=C(C)C[N]C(CC)NC. The van der Waals surface area contributed by atoms with Crippen molar-refractivity contribution in [2.45, 2.75) is 26.4 Å². The third-order valence-electron chi connectivity index (χ3n) is 1.30. The van der Waals surface area contributed by atoms with Crippen molar-refractivity contribution in [1.29, 1.82) is 0 Å². The highest BCUT2D eigenvalue weighted by Crippen LogP contribution is 1.89. The van der Waals surface area contributed by atoms with E-state index < -0.39 is 0 Å².